The van der Waals surface area contributed by atoms with Crippen LogP contribution in [0.2, 0.25) is 0 Å². The molecule has 0 radical (unpaired) electrons. The number of hydrogen-bond acceptors (Lipinski definition) is 2. The normalized spacial score (nSPS) is 10.7. The van der Waals surface area contributed by atoms with Crippen molar-refractivity contribution in [1.29, 1.82) is 0 Å². The average molecular weight is 349 g/mol. The van der Waals surface area contributed by atoms with Gasteiger partial charge >= 0.3 is 5.97 Å². The Labute approximate surface area is 132 Å². The molecular formula is C17H17BrO3. The molecule has 0 heterocycles. The average Bonchev–Trinajstić information content (AvgIpc) is 2.40. The number of carboxylic acid groups (broad SMARTS) is 1. The summed E-state index contributed by atoms with van der Waals surface area (Å²) in [5, 5.41) is 8.95. The first kappa shape index (κ1) is 15.6. The number of aromatic carboxylic acids is 1. The van der Waals surface area contributed by atoms with Crippen molar-refractivity contribution < 1.29 is 14.6 Å². The second kappa shape index (κ2) is 6.31. The van der Waals surface area contributed by atoms with Crippen molar-refractivity contribution in [3.8, 4) is 11.5 Å². The maximum atomic E-state index is 10.9. The summed E-state index contributed by atoms with van der Waals surface area (Å²) in [5.41, 5.74) is 2.70. The van der Waals surface area contributed by atoms with Gasteiger partial charge in [0.05, 0.1) is 10.0 Å². The number of rotatable bonds is 4. The molecule has 2 aromatic rings. The predicted octanol–water partition coefficient (Wildman–Crippen LogP) is 5.37. The van der Waals surface area contributed by atoms with E-state index in [4.69, 9.17) is 9.84 Å². The molecular weight excluding hydrogens is 332 g/mol. The van der Waals surface area contributed by atoms with Crippen LogP contribution in [0.25, 0.3) is 0 Å². The molecule has 21 heavy (non-hydrogen) atoms. The van der Waals surface area contributed by atoms with Crippen LogP contribution in [0.1, 0.15) is 41.3 Å². The zero-order chi connectivity index (χ0) is 15.6. The number of aryl methyl sites for hydroxylation is 1. The second-order valence-corrected chi connectivity index (χ2v) is 6.08. The fourth-order valence-electron chi connectivity index (χ4n) is 2.20. The highest BCUT2D eigenvalue weighted by atomic mass is 79.9. The summed E-state index contributed by atoms with van der Waals surface area (Å²) in [7, 11) is 0. The van der Waals surface area contributed by atoms with E-state index >= 15 is 0 Å². The summed E-state index contributed by atoms with van der Waals surface area (Å²) in [5.74, 6) is 0.845. The first-order chi connectivity index (χ1) is 9.88. The first-order valence-electron chi connectivity index (χ1n) is 6.69. The van der Waals surface area contributed by atoms with E-state index in [-0.39, 0.29) is 5.56 Å². The number of carboxylic acids is 1. The minimum absolute atomic E-state index is 0.223. The van der Waals surface area contributed by atoms with E-state index in [1.54, 1.807) is 6.07 Å². The van der Waals surface area contributed by atoms with E-state index in [1.165, 1.54) is 23.3 Å². The predicted molar refractivity (Wildman–Crippen MR) is 86.4 cm³/mol. The number of carbonyl (C=O) groups is 1. The standard InChI is InChI=1S/C17H17BrO3/c1-10(2)14-6-5-13(8-11(14)3)21-16-7-4-12(17(19)20)9-15(16)18/h4-10H,1-3H3,(H,19,20). The molecule has 2 aromatic carbocycles. The van der Waals surface area contributed by atoms with Gasteiger partial charge in [-0.15, -0.1) is 0 Å². The molecule has 1 N–H and O–H groups in total. The summed E-state index contributed by atoms with van der Waals surface area (Å²) in [4.78, 5) is 10.9. The van der Waals surface area contributed by atoms with Crippen molar-refractivity contribution in [3.05, 3.63) is 57.6 Å². The highest BCUT2D eigenvalue weighted by Crippen LogP contribution is 2.32. The summed E-state index contributed by atoms with van der Waals surface area (Å²) >= 11 is 3.34. The molecule has 4 heteroatoms. The third kappa shape index (κ3) is 3.64. The topological polar surface area (TPSA) is 46.5 Å². The van der Waals surface area contributed by atoms with Crippen molar-refractivity contribution in [2.24, 2.45) is 0 Å². The summed E-state index contributed by atoms with van der Waals surface area (Å²) in [6, 6.07) is 10.7. The maximum Gasteiger partial charge on any atom is 0.335 e. The molecule has 110 valence electrons. The molecule has 0 saturated carbocycles. The summed E-state index contributed by atoms with van der Waals surface area (Å²) in [6.07, 6.45) is 0. The zero-order valence-corrected chi connectivity index (χ0v) is 13.8. The van der Waals surface area contributed by atoms with Crippen molar-refractivity contribution in [1.82, 2.24) is 0 Å². The minimum Gasteiger partial charge on any atom is -0.478 e. The van der Waals surface area contributed by atoms with E-state index in [0.29, 0.717) is 16.1 Å². The van der Waals surface area contributed by atoms with Crippen LogP contribution in [0.5, 0.6) is 11.5 Å². The van der Waals surface area contributed by atoms with Gasteiger partial charge < -0.3 is 9.84 Å². The van der Waals surface area contributed by atoms with Gasteiger partial charge in [-0.1, -0.05) is 19.9 Å². The Morgan fingerprint density at radius 1 is 1.19 bits per heavy atom. The molecule has 2 rings (SSSR count). The molecule has 0 fully saturated rings. The molecule has 0 saturated heterocycles. The number of benzene rings is 2. The molecule has 0 aliphatic carbocycles. The Hall–Kier alpha value is -1.81. The van der Waals surface area contributed by atoms with Gasteiger partial charge in [0.25, 0.3) is 0 Å². The SMILES string of the molecule is Cc1cc(Oc2ccc(C(=O)O)cc2Br)ccc1C(C)C. The second-order valence-electron chi connectivity index (χ2n) is 5.23. The molecule has 0 spiro atoms. The fraction of sp³-hybridized carbons (Fsp3) is 0.235. The van der Waals surface area contributed by atoms with E-state index in [9.17, 15) is 4.79 Å². The molecule has 0 aliphatic heterocycles. The fourth-order valence-corrected chi connectivity index (χ4v) is 2.66. The quantitative estimate of drug-likeness (QED) is 0.807. The molecule has 3 nitrogen and oxygen atoms in total. The van der Waals surface area contributed by atoms with Crippen LogP contribution in [-0.4, -0.2) is 11.1 Å². The van der Waals surface area contributed by atoms with Crippen LogP contribution in [-0.2, 0) is 0 Å². The van der Waals surface area contributed by atoms with E-state index in [1.807, 2.05) is 12.1 Å². The molecule has 0 aliphatic rings. The molecule has 0 aromatic heterocycles. The van der Waals surface area contributed by atoms with Crippen LogP contribution in [0.15, 0.2) is 40.9 Å². The van der Waals surface area contributed by atoms with Gasteiger partial charge in [0.1, 0.15) is 11.5 Å². The van der Waals surface area contributed by atoms with E-state index in [0.717, 1.165) is 5.75 Å². The van der Waals surface area contributed by atoms with Gasteiger partial charge in [0.15, 0.2) is 0 Å². The van der Waals surface area contributed by atoms with E-state index < -0.39 is 5.97 Å². The van der Waals surface area contributed by atoms with Crippen LogP contribution >= 0.6 is 15.9 Å². The Balaban J connectivity index is 2.26. The van der Waals surface area contributed by atoms with Crippen molar-refractivity contribution in [2.75, 3.05) is 0 Å². The third-order valence-electron chi connectivity index (χ3n) is 3.27. The van der Waals surface area contributed by atoms with Crippen LogP contribution in [0.3, 0.4) is 0 Å². The van der Waals surface area contributed by atoms with Crippen molar-refractivity contribution in [2.45, 2.75) is 26.7 Å². The van der Waals surface area contributed by atoms with Gasteiger partial charge in [0.2, 0.25) is 0 Å². The van der Waals surface area contributed by atoms with Gasteiger partial charge in [-0.25, -0.2) is 4.79 Å². The minimum atomic E-state index is -0.959. The first-order valence-corrected chi connectivity index (χ1v) is 7.49. The number of ether oxygens (including phenoxy) is 1. The Morgan fingerprint density at radius 2 is 1.90 bits per heavy atom. The lowest BCUT2D eigenvalue weighted by Crippen LogP contribution is -1.97. The highest BCUT2D eigenvalue weighted by molar-refractivity contribution is 9.10. The zero-order valence-electron chi connectivity index (χ0n) is 12.2. The lowest BCUT2D eigenvalue weighted by Gasteiger charge is -2.13. The van der Waals surface area contributed by atoms with Gasteiger partial charge in [-0.05, 0) is 70.2 Å². The van der Waals surface area contributed by atoms with Gasteiger partial charge in [0, 0.05) is 0 Å². The maximum absolute atomic E-state index is 10.9. The van der Waals surface area contributed by atoms with Crippen LogP contribution in [0.4, 0.5) is 0 Å². The number of halogens is 1. The van der Waals surface area contributed by atoms with Gasteiger partial charge in [-0.3, -0.25) is 0 Å². The molecule has 0 bridgehead atoms. The summed E-state index contributed by atoms with van der Waals surface area (Å²) in [6.45, 7) is 6.37. The number of hydrogen-bond donors (Lipinski definition) is 1. The Bertz CT molecular complexity index is 678. The lowest BCUT2D eigenvalue weighted by atomic mass is 9.98. The molecule has 0 unspecified atom stereocenters. The van der Waals surface area contributed by atoms with Crippen LogP contribution in [0, 0.1) is 6.92 Å². The van der Waals surface area contributed by atoms with Crippen molar-refractivity contribution in [3.63, 3.8) is 0 Å². The van der Waals surface area contributed by atoms with Crippen LogP contribution < -0.4 is 4.74 Å². The van der Waals surface area contributed by atoms with Crippen molar-refractivity contribution >= 4 is 21.9 Å². The Morgan fingerprint density at radius 3 is 2.43 bits per heavy atom. The third-order valence-corrected chi connectivity index (χ3v) is 3.89. The van der Waals surface area contributed by atoms with E-state index in [2.05, 4.69) is 42.8 Å². The largest absolute Gasteiger partial charge is 0.478 e. The summed E-state index contributed by atoms with van der Waals surface area (Å²) < 4.78 is 6.44. The Kier molecular flexibility index (Phi) is 4.68. The molecule has 0 amide bonds. The smallest absolute Gasteiger partial charge is 0.335 e. The lowest BCUT2D eigenvalue weighted by molar-refractivity contribution is 0.0697. The van der Waals surface area contributed by atoms with Gasteiger partial charge in [-0.2, -0.15) is 0 Å². The highest BCUT2D eigenvalue weighted by Gasteiger charge is 2.10. The monoisotopic (exact) mass is 348 g/mol. The molecule has 0 atom stereocenters.